The van der Waals surface area contributed by atoms with Gasteiger partial charge < -0.3 is 0 Å². The summed E-state index contributed by atoms with van der Waals surface area (Å²) in [7, 11) is -3.95. The first-order valence-corrected chi connectivity index (χ1v) is 8.12. The van der Waals surface area contributed by atoms with Gasteiger partial charge in [-0.2, -0.15) is 0 Å². The molecule has 1 aliphatic rings. The fraction of sp³-hybridized carbons (Fsp3) is 0.125. The third-order valence-electron chi connectivity index (χ3n) is 3.64. The number of carbonyl (C=O) groups excluding carboxylic acids is 2. The van der Waals surface area contributed by atoms with E-state index < -0.39 is 28.3 Å². The van der Waals surface area contributed by atoms with Gasteiger partial charge in [-0.3, -0.25) is 9.59 Å². The lowest BCUT2D eigenvalue weighted by molar-refractivity contribution is 0.0820. The maximum Gasteiger partial charge on any atom is 0.269 e. The molecule has 2 aromatic rings. The van der Waals surface area contributed by atoms with Crippen LogP contribution in [0.1, 0.15) is 26.3 Å². The van der Waals surface area contributed by atoms with E-state index in [4.69, 9.17) is 0 Å². The van der Waals surface area contributed by atoms with Crippen molar-refractivity contribution in [1.82, 2.24) is 4.31 Å². The molecule has 0 radical (unpaired) electrons. The van der Waals surface area contributed by atoms with Crippen molar-refractivity contribution in [2.75, 3.05) is 6.54 Å². The summed E-state index contributed by atoms with van der Waals surface area (Å²) < 4.78 is 25.4. The molecule has 1 aliphatic heterocycles. The molecule has 0 fully saturated rings. The molecular formula is C16H13NO4S. The van der Waals surface area contributed by atoms with E-state index in [1.54, 1.807) is 43.3 Å². The summed E-state index contributed by atoms with van der Waals surface area (Å²) in [5.41, 5.74) is 1.27. The van der Waals surface area contributed by atoms with E-state index in [0.29, 0.717) is 9.87 Å². The number of amides is 1. The number of ketones is 1. The molecule has 22 heavy (non-hydrogen) atoms. The molecule has 0 aliphatic carbocycles. The average Bonchev–Trinajstić information content (AvgIpc) is 2.69. The summed E-state index contributed by atoms with van der Waals surface area (Å²) in [5, 5.41) is 0. The number of hydrogen-bond donors (Lipinski definition) is 0. The summed E-state index contributed by atoms with van der Waals surface area (Å²) in [6.45, 7) is 1.28. The number of rotatable bonds is 3. The number of carbonyl (C=O) groups is 2. The van der Waals surface area contributed by atoms with Crippen molar-refractivity contribution < 1.29 is 18.0 Å². The van der Waals surface area contributed by atoms with Crippen LogP contribution in [0.4, 0.5) is 0 Å². The summed E-state index contributed by atoms with van der Waals surface area (Å²) in [5.74, 6) is -1.06. The van der Waals surface area contributed by atoms with Gasteiger partial charge in [0.15, 0.2) is 5.78 Å². The standard InChI is InChI=1S/C16H13NO4S/c1-11-6-2-3-7-12(11)14(18)10-17-16(19)13-8-4-5-9-15(13)22(17,20)21/h2-9H,10H2,1H3. The third-order valence-corrected chi connectivity index (χ3v) is 5.43. The summed E-state index contributed by atoms with van der Waals surface area (Å²) >= 11 is 0. The van der Waals surface area contributed by atoms with Gasteiger partial charge in [0.1, 0.15) is 11.4 Å². The molecule has 2 aromatic carbocycles. The van der Waals surface area contributed by atoms with E-state index >= 15 is 0 Å². The van der Waals surface area contributed by atoms with Gasteiger partial charge in [-0.25, -0.2) is 12.7 Å². The van der Waals surface area contributed by atoms with Crippen molar-refractivity contribution in [3.05, 3.63) is 65.2 Å². The molecular weight excluding hydrogens is 302 g/mol. The predicted molar refractivity (Wildman–Crippen MR) is 80.2 cm³/mol. The minimum Gasteiger partial charge on any atom is -0.292 e. The van der Waals surface area contributed by atoms with Gasteiger partial charge in [0.25, 0.3) is 15.9 Å². The van der Waals surface area contributed by atoms with E-state index in [1.165, 1.54) is 12.1 Å². The Balaban J connectivity index is 1.97. The normalized spacial score (nSPS) is 15.7. The number of nitrogens with zero attached hydrogens (tertiary/aromatic N) is 1. The first-order valence-electron chi connectivity index (χ1n) is 6.68. The zero-order valence-electron chi connectivity index (χ0n) is 11.8. The molecule has 5 nitrogen and oxygen atoms in total. The van der Waals surface area contributed by atoms with Crippen LogP contribution in [0.3, 0.4) is 0 Å². The van der Waals surface area contributed by atoms with Crippen molar-refractivity contribution in [2.24, 2.45) is 0 Å². The average molecular weight is 315 g/mol. The smallest absolute Gasteiger partial charge is 0.269 e. The highest BCUT2D eigenvalue weighted by Gasteiger charge is 2.41. The van der Waals surface area contributed by atoms with Crippen LogP contribution in [0.2, 0.25) is 0 Å². The van der Waals surface area contributed by atoms with Crippen LogP contribution in [-0.4, -0.2) is 31.0 Å². The van der Waals surface area contributed by atoms with E-state index in [-0.39, 0.29) is 10.5 Å². The van der Waals surface area contributed by atoms with Crippen molar-refractivity contribution in [1.29, 1.82) is 0 Å². The Morgan fingerprint density at radius 1 is 1.05 bits per heavy atom. The molecule has 0 saturated carbocycles. The first kappa shape index (κ1) is 14.5. The van der Waals surface area contributed by atoms with E-state index in [1.807, 2.05) is 0 Å². The van der Waals surface area contributed by atoms with Crippen LogP contribution in [0.25, 0.3) is 0 Å². The summed E-state index contributed by atoms with van der Waals surface area (Å²) in [4.78, 5) is 24.6. The van der Waals surface area contributed by atoms with E-state index in [9.17, 15) is 18.0 Å². The molecule has 0 aromatic heterocycles. The maximum absolute atomic E-state index is 12.4. The zero-order valence-corrected chi connectivity index (χ0v) is 12.6. The molecule has 0 bridgehead atoms. The number of benzene rings is 2. The molecule has 0 unspecified atom stereocenters. The van der Waals surface area contributed by atoms with E-state index in [2.05, 4.69) is 0 Å². The SMILES string of the molecule is Cc1ccccc1C(=O)CN1C(=O)c2ccccc2S1(=O)=O. The van der Waals surface area contributed by atoms with Crippen molar-refractivity contribution >= 4 is 21.7 Å². The van der Waals surface area contributed by atoms with Gasteiger partial charge >= 0.3 is 0 Å². The van der Waals surface area contributed by atoms with Gasteiger partial charge in [0.2, 0.25) is 0 Å². The van der Waals surface area contributed by atoms with Crippen LogP contribution >= 0.6 is 0 Å². The molecule has 112 valence electrons. The predicted octanol–water partition coefficient (Wildman–Crippen LogP) is 2.02. The second kappa shape index (κ2) is 5.06. The monoisotopic (exact) mass is 315 g/mol. The number of fused-ring (bicyclic) bond motifs is 1. The lowest BCUT2D eigenvalue weighted by Crippen LogP contribution is -2.35. The summed E-state index contributed by atoms with van der Waals surface area (Å²) in [6, 6.07) is 12.9. The van der Waals surface area contributed by atoms with Crippen LogP contribution in [0, 0.1) is 6.92 Å². The van der Waals surface area contributed by atoms with Gasteiger partial charge in [-0.05, 0) is 24.6 Å². The second-order valence-electron chi connectivity index (χ2n) is 5.05. The topological polar surface area (TPSA) is 71.5 Å². The lowest BCUT2D eigenvalue weighted by Gasteiger charge is -2.14. The van der Waals surface area contributed by atoms with Gasteiger partial charge in [0, 0.05) is 5.56 Å². The maximum atomic E-state index is 12.4. The lowest BCUT2D eigenvalue weighted by atomic mass is 10.0. The van der Waals surface area contributed by atoms with Crippen LogP contribution in [0.5, 0.6) is 0 Å². The number of hydrogen-bond acceptors (Lipinski definition) is 4. The second-order valence-corrected chi connectivity index (χ2v) is 6.88. The molecule has 1 amide bonds. The minimum absolute atomic E-state index is 0.0439. The van der Waals surface area contributed by atoms with Gasteiger partial charge in [-0.15, -0.1) is 0 Å². The fourth-order valence-corrected chi connectivity index (χ4v) is 4.01. The fourth-order valence-electron chi connectivity index (χ4n) is 2.49. The molecule has 0 spiro atoms. The Morgan fingerprint density at radius 3 is 2.36 bits per heavy atom. The van der Waals surface area contributed by atoms with Gasteiger partial charge in [0.05, 0.1) is 5.56 Å². The number of Topliss-reactive ketones (excluding diaryl/α,β-unsaturated/α-hetero) is 1. The van der Waals surface area contributed by atoms with Crippen LogP contribution in [0.15, 0.2) is 53.4 Å². The molecule has 6 heteroatoms. The summed E-state index contributed by atoms with van der Waals surface area (Å²) in [6.07, 6.45) is 0. The minimum atomic E-state index is -3.95. The van der Waals surface area contributed by atoms with Crippen molar-refractivity contribution in [3.8, 4) is 0 Å². The zero-order chi connectivity index (χ0) is 15.9. The largest absolute Gasteiger partial charge is 0.292 e. The van der Waals surface area contributed by atoms with Crippen molar-refractivity contribution in [3.63, 3.8) is 0 Å². The highest BCUT2D eigenvalue weighted by molar-refractivity contribution is 7.90. The molecule has 0 N–H and O–H groups in total. The van der Waals surface area contributed by atoms with Crippen LogP contribution in [-0.2, 0) is 10.0 Å². The Morgan fingerprint density at radius 2 is 1.68 bits per heavy atom. The quantitative estimate of drug-likeness (QED) is 0.812. The Kier molecular flexibility index (Phi) is 3.33. The number of aryl methyl sites for hydroxylation is 1. The Bertz CT molecular complexity index is 887. The molecule has 0 atom stereocenters. The highest BCUT2D eigenvalue weighted by Crippen LogP contribution is 2.30. The van der Waals surface area contributed by atoms with Crippen LogP contribution < -0.4 is 0 Å². The van der Waals surface area contributed by atoms with Gasteiger partial charge in [-0.1, -0.05) is 36.4 Å². The Labute approximate surface area is 128 Å². The third kappa shape index (κ3) is 2.12. The molecule has 0 saturated heterocycles. The van der Waals surface area contributed by atoms with E-state index in [0.717, 1.165) is 5.56 Å². The Hall–Kier alpha value is -2.47. The number of sulfonamides is 1. The highest BCUT2D eigenvalue weighted by atomic mass is 32.2. The first-order chi connectivity index (χ1) is 10.4. The molecule has 3 rings (SSSR count). The van der Waals surface area contributed by atoms with Crippen molar-refractivity contribution in [2.45, 2.75) is 11.8 Å². The molecule has 1 heterocycles.